The third kappa shape index (κ3) is 7.17. The van der Waals surface area contributed by atoms with Gasteiger partial charge in [0.05, 0.1) is 34.9 Å². The summed E-state index contributed by atoms with van der Waals surface area (Å²) in [4.78, 5) is 17.4. The van der Waals surface area contributed by atoms with Gasteiger partial charge in [0.25, 0.3) is 11.1 Å². The van der Waals surface area contributed by atoms with Gasteiger partial charge in [0.2, 0.25) is 0 Å². The van der Waals surface area contributed by atoms with Crippen LogP contribution in [-0.4, -0.2) is 49.1 Å². The van der Waals surface area contributed by atoms with Gasteiger partial charge in [-0.25, -0.2) is 13.4 Å². The van der Waals surface area contributed by atoms with Crippen molar-refractivity contribution in [2.75, 3.05) is 12.4 Å². The van der Waals surface area contributed by atoms with E-state index in [1.807, 2.05) is 0 Å². The van der Waals surface area contributed by atoms with Gasteiger partial charge in [0.1, 0.15) is 6.10 Å². The van der Waals surface area contributed by atoms with Gasteiger partial charge in [-0.3, -0.25) is 4.79 Å². The van der Waals surface area contributed by atoms with Gasteiger partial charge >= 0.3 is 6.18 Å². The smallest absolute Gasteiger partial charge is 0.391 e. The second-order valence-corrected chi connectivity index (χ2v) is 12.5. The van der Waals surface area contributed by atoms with Gasteiger partial charge in [0.15, 0.2) is 9.84 Å². The van der Waals surface area contributed by atoms with E-state index in [0.717, 1.165) is 5.56 Å². The van der Waals surface area contributed by atoms with Crippen molar-refractivity contribution < 1.29 is 36.2 Å². The highest BCUT2D eigenvalue weighted by atomic mass is 32.2. The first kappa shape index (κ1) is 29.0. The molecule has 0 aliphatic heterocycles. The molecule has 12 heteroatoms. The highest BCUT2D eigenvalue weighted by Gasteiger charge is 2.41. The Morgan fingerprint density at radius 1 is 1.10 bits per heavy atom. The van der Waals surface area contributed by atoms with Crippen molar-refractivity contribution in [2.24, 2.45) is 5.92 Å². The Balaban J connectivity index is 1.35. The molecular formula is C27H29F3N2O5S2. The average Bonchev–Trinajstić information content (AvgIpc) is 3.40. The number of ether oxygens (including phenoxy) is 1. The van der Waals surface area contributed by atoms with Crippen molar-refractivity contribution in [1.82, 2.24) is 10.3 Å². The van der Waals surface area contributed by atoms with Crippen LogP contribution in [0.2, 0.25) is 0 Å². The second-order valence-electron chi connectivity index (χ2n) is 9.39. The maximum Gasteiger partial charge on any atom is 0.391 e. The molecule has 1 aromatic heterocycles. The second kappa shape index (κ2) is 12.1. The largest absolute Gasteiger partial charge is 0.467 e. The molecule has 1 aliphatic carbocycles. The van der Waals surface area contributed by atoms with E-state index in [9.17, 15) is 31.5 Å². The first-order valence-electron chi connectivity index (χ1n) is 12.5. The van der Waals surface area contributed by atoms with Gasteiger partial charge in [-0.2, -0.15) is 13.2 Å². The fourth-order valence-corrected chi connectivity index (χ4v) is 6.07. The summed E-state index contributed by atoms with van der Waals surface area (Å²) >= 11 is 1.27. The minimum atomic E-state index is -4.16. The molecule has 1 amide bonds. The number of hydrogen-bond acceptors (Lipinski definition) is 7. The summed E-state index contributed by atoms with van der Waals surface area (Å²) in [6.45, 7) is 1.19. The Kier molecular flexibility index (Phi) is 8.97. The van der Waals surface area contributed by atoms with Crippen LogP contribution in [-0.2, 0) is 9.84 Å². The number of aliphatic hydroxyl groups is 1. The van der Waals surface area contributed by atoms with Gasteiger partial charge in [-0.1, -0.05) is 42.5 Å². The predicted molar refractivity (Wildman–Crippen MR) is 141 cm³/mol. The SMILES string of the molecule is CCS(=O)(=O)c1ccc([C@H](CO)NC(=O)c2ccc(-c3csc(OC4CCC(C(F)(F)F)CC4)n3)cc2)cc1. The van der Waals surface area contributed by atoms with Crippen LogP contribution in [0.3, 0.4) is 0 Å². The first-order valence-corrected chi connectivity index (χ1v) is 15.1. The van der Waals surface area contributed by atoms with Crippen LogP contribution < -0.4 is 10.1 Å². The van der Waals surface area contributed by atoms with Crippen LogP contribution in [0.4, 0.5) is 13.2 Å². The first-order chi connectivity index (χ1) is 18.5. The van der Waals surface area contributed by atoms with E-state index < -0.39 is 33.9 Å². The fraction of sp³-hybridized carbons (Fsp3) is 0.407. The monoisotopic (exact) mass is 582 g/mol. The number of rotatable bonds is 9. The third-order valence-electron chi connectivity index (χ3n) is 6.84. The van der Waals surface area contributed by atoms with Crippen LogP contribution >= 0.6 is 11.3 Å². The number of halogens is 3. The summed E-state index contributed by atoms with van der Waals surface area (Å²) < 4.78 is 68.5. The highest BCUT2D eigenvalue weighted by Crippen LogP contribution is 2.39. The molecule has 2 N–H and O–H groups in total. The molecule has 39 heavy (non-hydrogen) atoms. The predicted octanol–water partition coefficient (Wildman–Crippen LogP) is 5.57. The van der Waals surface area contributed by atoms with Crippen molar-refractivity contribution in [3.8, 4) is 16.5 Å². The zero-order valence-corrected chi connectivity index (χ0v) is 22.8. The van der Waals surface area contributed by atoms with Crippen LogP contribution in [0, 0.1) is 5.92 Å². The van der Waals surface area contributed by atoms with E-state index in [2.05, 4.69) is 10.3 Å². The number of sulfone groups is 1. The Morgan fingerprint density at radius 2 is 1.74 bits per heavy atom. The lowest BCUT2D eigenvalue weighted by Crippen LogP contribution is -2.31. The maximum absolute atomic E-state index is 12.9. The Hall–Kier alpha value is -2.96. The van der Waals surface area contributed by atoms with Crippen LogP contribution in [0.15, 0.2) is 58.8 Å². The number of aromatic nitrogens is 1. The van der Waals surface area contributed by atoms with E-state index >= 15 is 0 Å². The van der Waals surface area contributed by atoms with Gasteiger partial charge in [0, 0.05) is 16.5 Å². The van der Waals surface area contributed by atoms with E-state index in [-0.39, 0.29) is 36.2 Å². The molecule has 1 saturated carbocycles. The minimum absolute atomic E-state index is 0.0238. The normalized spacial score (nSPS) is 18.9. The van der Waals surface area contributed by atoms with E-state index in [1.54, 1.807) is 48.7 Å². The van der Waals surface area contributed by atoms with Crippen molar-refractivity contribution in [2.45, 2.75) is 55.8 Å². The number of carbonyl (C=O) groups excluding carboxylic acids is 1. The number of carbonyl (C=O) groups is 1. The lowest BCUT2D eigenvalue weighted by atomic mass is 9.87. The summed E-state index contributed by atoms with van der Waals surface area (Å²) in [6.07, 6.45) is -3.68. The maximum atomic E-state index is 12.9. The Morgan fingerprint density at radius 3 is 2.31 bits per heavy atom. The summed E-state index contributed by atoms with van der Waals surface area (Å²) in [5.74, 6) is -1.70. The summed E-state index contributed by atoms with van der Waals surface area (Å²) in [6, 6.07) is 12.0. The third-order valence-corrected chi connectivity index (χ3v) is 9.32. The summed E-state index contributed by atoms with van der Waals surface area (Å²) in [5.41, 5.74) is 2.29. The standard InChI is InChI=1S/C27H29F3N2O5S2/c1-2-39(35,36)22-13-7-17(8-14-22)23(15-33)31-25(34)19-5-3-18(4-6-19)24-16-38-26(32-24)37-21-11-9-20(10-12-21)27(28,29)30/h3-8,13-14,16,20-21,23,33H,2,9-12,15H2,1H3,(H,31,34)/t20?,21?,23-/m0/s1. The quantitative estimate of drug-likeness (QED) is 0.342. The molecule has 0 spiro atoms. The molecule has 0 saturated heterocycles. The topological polar surface area (TPSA) is 106 Å². The number of thiazole rings is 1. The zero-order chi connectivity index (χ0) is 28.2. The molecule has 3 aromatic rings. The van der Waals surface area contributed by atoms with E-state index in [0.29, 0.717) is 34.9 Å². The van der Waals surface area contributed by atoms with Gasteiger partial charge in [-0.05, 0) is 55.5 Å². The molecular weight excluding hydrogens is 553 g/mol. The fourth-order valence-electron chi connectivity index (χ4n) is 4.44. The number of aliphatic hydroxyl groups excluding tert-OH is 1. The van der Waals surface area contributed by atoms with Crippen molar-refractivity contribution in [3.05, 3.63) is 65.0 Å². The average molecular weight is 583 g/mol. The number of hydrogen-bond donors (Lipinski definition) is 2. The lowest BCUT2D eigenvalue weighted by molar-refractivity contribution is -0.185. The number of nitrogens with one attached hydrogen (secondary N) is 1. The van der Waals surface area contributed by atoms with E-state index in [1.165, 1.54) is 23.5 Å². The number of alkyl halides is 3. The van der Waals surface area contributed by atoms with Crippen LogP contribution in [0.5, 0.6) is 5.19 Å². The molecule has 1 atom stereocenters. The highest BCUT2D eigenvalue weighted by molar-refractivity contribution is 7.91. The van der Waals surface area contributed by atoms with Crippen molar-refractivity contribution in [1.29, 1.82) is 0 Å². The summed E-state index contributed by atoms with van der Waals surface area (Å²) in [5, 5.41) is 14.7. The van der Waals surface area contributed by atoms with Crippen LogP contribution in [0.1, 0.15) is 54.6 Å². The van der Waals surface area contributed by atoms with Gasteiger partial charge < -0.3 is 15.2 Å². The molecule has 0 bridgehead atoms. The molecule has 2 aromatic carbocycles. The molecule has 0 radical (unpaired) electrons. The molecule has 210 valence electrons. The number of amides is 1. The molecule has 7 nitrogen and oxygen atoms in total. The lowest BCUT2D eigenvalue weighted by Gasteiger charge is -2.29. The van der Waals surface area contributed by atoms with Crippen molar-refractivity contribution in [3.63, 3.8) is 0 Å². The van der Waals surface area contributed by atoms with Crippen LogP contribution in [0.25, 0.3) is 11.3 Å². The number of benzene rings is 2. The molecule has 0 unspecified atom stereocenters. The molecule has 1 heterocycles. The number of nitrogens with zero attached hydrogens (tertiary/aromatic N) is 1. The minimum Gasteiger partial charge on any atom is -0.467 e. The van der Waals surface area contributed by atoms with Crippen molar-refractivity contribution >= 4 is 27.1 Å². The molecule has 4 rings (SSSR count). The Bertz CT molecular complexity index is 1370. The molecule has 1 aliphatic rings. The molecule has 1 fully saturated rings. The van der Waals surface area contributed by atoms with E-state index in [4.69, 9.17) is 4.74 Å². The Labute approximate surface area is 229 Å². The summed E-state index contributed by atoms with van der Waals surface area (Å²) in [7, 11) is -3.35. The van der Waals surface area contributed by atoms with Gasteiger partial charge in [-0.15, -0.1) is 0 Å². The zero-order valence-electron chi connectivity index (χ0n) is 21.1.